The molecule has 2 aromatic rings. The first kappa shape index (κ1) is 11.3. The zero-order valence-electron chi connectivity index (χ0n) is 8.49. The predicted octanol–water partition coefficient (Wildman–Crippen LogP) is 3.02. The molecule has 6 heteroatoms. The van der Waals surface area contributed by atoms with Crippen LogP contribution >= 0.6 is 11.3 Å². The molecule has 0 bridgehead atoms. The lowest BCUT2D eigenvalue weighted by Crippen LogP contribution is -1.97. The third-order valence-electron chi connectivity index (χ3n) is 2.25. The highest BCUT2D eigenvalue weighted by Gasteiger charge is 2.20. The molecule has 1 N–H and O–H groups in total. The Kier molecular flexibility index (Phi) is 2.88. The van der Waals surface area contributed by atoms with Crippen molar-refractivity contribution in [3.8, 4) is 11.1 Å². The summed E-state index contributed by atoms with van der Waals surface area (Å²) in [5, 5.41) is 21.5. The molecule has 5 nitrogen and oxygen atoms in total. The summed E-state index contributed by atoms with van der Waals surface area (Å²) in [4.78, 5) is 21.4. The van der Waals surface area contributed by atoms with Crippen molar-refractivity contribution >= 4 is 23.0 Å². The van der Waals surface area contributed by atoms with E-state index in [-0.39, 0.29) is 10.6 Å². The average molecular weight is 249 g/mol. The lowest BCUT2D eigenvalue weighted by Gasteiger charge is -2.01. The van der Waals surface area contributed by atoms with Gasteiger partial charge in [-0.3, -0.25) is 10.1 Å². The molecule has 0 unspecified atom stereocenters. The summed E-state index contributed by atoms with van der Waals surface area (Å²) in [6.45, 7) is 0. The van der Waals surface area contributed by atoms with E-state index < -0.39 is 10.9 Å². The van der Waals surface area contributed by atoms with E-state index in [1.807, 2.05) is 0 Å². The van der Waals surface area contributed by atoms with Gasteiger partial charge in [-0.1, -0.05) is 12.1 Å². The van der Waals surface area contributed by atoms with Crippen molar-refractivity contribution in [1.82, 2.24) is 0 Å². The van der Waals surface area contributed by atoms with Crippen molar-refractivity contribution in [2.75, 3.05) is 0 Å². The number of nitrogens with zero attached hydrogens (tertiary/aromatic N) is 1. The second-order valence-corrected chi connectivity index (χ2v) is 4.16. The third-order valence-corrected chi connectivity index (χ3v) is 3.15. The average Bonchev–Trinajstić information content (AvgIpc) is 2.77. The van der Waals surface area contributed by atoms with Gasteiger partial charge in [-0.25, -0.2) is 4.79 Å². The lowest BCUT2D eigenvalue weighted by molar-refractivity contribution is -0.384. The van der Waals surface area contributed by atoms with Gasteiger partial charge in [0.1, 0.15) is 4.88 Å². The van der Waals surface area contributed by atoms with Crippen LogP contribution < -0.4 is 0 Å². The summed E-state index contributed by atoms with van der Waals surface area (Å²) in [6.07, 6.45) is 0. The number of benzene rings is 1. The Hall–Kier alpha value is -2.21. The predicted molar refractivity (Wildman–Crippen MR) is 63.4 cm³/mol. The van der Waals surface area contributed by atoms with Crippen LogP contribution in [0.2, 0.25) is 0 Å². The zero-order valence-corrected chi connectivity index (χ0v) is 9.31. The number of aromatic carboxylic acids is 1. The van der Waals surface area contributed by atoms with Crippen LogP contribution in [0.1, 0.15) is 9.67 Å². The lowest BCUT2D eigenvalue weighted by atomic mass is 10.0. The number of thiophene rings is 1. The minimum atomic E-state index is -1.08. The highest BCUT2D eigenvalue weighted by molar-refractivity contribution is 7.12. The largest absolute Gasteiger partial charge is 0.477 e. The first-order chi connectivity index (χ1) is 8.11. The Bertz CT molecular complexity index is 591. The Labute approximate surface area is 100 Å². The molecule has 1 aromatic carbocycles. The van der Waals surface area contributed by atoms with Crippen molar-refractivity contribution in [1.29, 1.82) is 0 Å². The van der Waals surface area contributed by atoms with Crippen LogP contribution in [0.15, 0.2) is 35.7 Å². The summed E-state index contributed by atoms with van der Waals surface area (Å²) in [5.41, 5.74) is 0.624. The van der Waals surface area contributed by atoms with Crippen LogP contribution in [0.3, 0.4) is 0 Å². The Morgan fingerprint density at radius 1 is 1.24 bits per heavy atom. The van der Waals surface area contributed by atoms with E-state index in [0.717, 1.165) is 11.3 Å². The molecule has 1 heterocycles. The molecule has 2 rings (SSSR count). The molecule has 0 spiro atoms. The van der Waals surface area contributed by atoms with Gasteiger partial charge in [-0.2, -0.15) is 0 Å². The monoisotopic (exact) mass is 249 g/mol. The standard InChI is InChI=1S/C11H7NO4S/c13-11(14)10-8(5-6-17-10)7-3-1-2-4-9(7)12(15)16/h1-6H,(H,13,14). The summed E-state index contributed by atoms with van der Waals surface area (Å²) in [5.74, 6) is -1.08. The molecular formula is C11H7NO4S. The maximum Gasteiger partial charge on any atom is 0.346 e. The number of hydrogen-bond acceptors (Lipinski definition) is 4. The molecule has 0 saturated heterocycles. The van der Waals surface area contributed by atoms with Gasteiger partial charge in [0.15, 0.2) is 0 Å². The number of rotatable bonds is 3. The van der Waals surface area contributed by atoms with E-state index >= 15 is 0 Å². The molecule has 0 aliphatic rings. The summed E-state index contributed by atoms with van der Waals surface area (Å²) in [7, 11) is 0. The number of nitro benzene ring substituents is 1. The van der Waals surface area contributed by atoms with Crippen LogP contribution in [0.5, 0.6) is 0 Å². The van der Waals surface area contributed by atoms with Crippen molar-refractivity contribution in [3.05, 3.63) is 50.7 Å². The third kappa shape index (κ3) is 2.02. The molecule has 1 aromatic heterocycles. The van der Waals surface area contributed by atoms with Crippen molar-refractivity contribution in [2.24, 2.45) is 0 Å². The SMILES string of the molecule is O=C(O)c1sccc1-c1ccccc1[N+](=O)[O-]. The number of carboxylic acids is 1. The Balaban J connectivity index is 2.64. The fourth-order valence-corrected chi connectivity index (χ4v) is 2.29. The molecule has 86 valence electrons. The number of para-hydroxylation sites is 1. The van der Waals surface area contributed by atoms with Crippen LogP contribution in [0.4, 0.5) is 5.69 Å². The van der Waals surface area contributed by atoms with Gasteiger partial charge in [0.2, 0.25) is 0 Å². The molecule has 0 fully saturated rings. The van der Waals surface area contributed by atoms with Gasteiger partial charge in [0, 0.05) is 11.6 Å². The van der Waals surface area contributed by atoms with E-state index in [1.165, 1.54) is 6.07 Å². The van der Waals surface area contributed by atoms with E-state index in [4.69, 9.17) is 5.11 Å². The highest BCUT2D eigenvalue weighted by atomic mass is 32.1. The molecule has 0 saturated carbocycles. The van der Waals surface area contributed by atoms with Crippen LogP contribution in [0.25, 0.3) is 11.1 Å². The van der Waals surface area contributed by atoms with Crippen LogP contribution in [0, 0.1) is 10.1 Å². The van der Waals surface area contributed by atoms with Gasteiger partial charge in [0.25, 0.3) is 5.69 Å². The van der Waals surface area contributed by atoms with Gasteiger partial charge in [0.05, 0.1) is 10.5 Å². The van der Waals surface area contributed by atoms with Crippen molar-refractivity contribution in [3.63, 3.8) is 0 Å². The van der Waals surface area contributed by atoms with E-state index in [2.05, 4.69) is 0 Å². The molecule has 0 amide bonds. The minimum absolute atomic E-state index is 0.0894. The van der Waals surface area contributed by atoms with Crippen molar-refractivity contribution < 1.29 is 14.8 Å². The normalized spacial score (nSPS) is 10.1. The van der Waals surface area contributed by atoms with Crippen LogP contribution in [-0.4, -0.2) is 16.0 Å². The molecule has 0 aliphatic carbocycles. The summed E-state index contributed by atoms with van der Waals surface area (Å²) in [6, 6.07) is 7.68. The first-order valence-electron chi connectivity index (χ1n) is 4.66. The fraction of sp³-hybridized carbons (Fsp3) is 0. The number of carbonyl (C=O) groups is 1. The quantitative estimate of drug-likeness (QED) is 0.669. The van der Waals surface area contributed by atoms with Crippen molar-refractivity contribution in [2.45, 2.75) is 0 Å². The molecule has 0 atom stereocenters. The molecular weight excluding hydrogens is 242 g/mol. The van der Waals surface area contributed by atoms with Gasteiger partial charge >= 0.3 is 5.97 Å². The number of carboxylic acid groups (broad SMARTS) is 1. The van der Waals surface area contributed by atoms with E-state index in [1.54, 1.807) is 29.6 Å². The number of hydrogen-bond donors (Lipinski definition) is 1. The first-order valence-corrected chi connectivity index (χ1v) is 5.54. The molecule has 17 heavy (non-hydrogen) atoms. The highest BCUT2D eigenvalue weighted by Crippen LogP contribution is 2.34. The Morgan fingerprint density at radius 2 is 1.94 bits per heavy atom. The van der Waals surface area contributed by atoms with Gasteiger partial charge < -0.3 is 5.11 Å². The molecule has 0 aliphatic heterocycles. The summed E-state index contributed by atoms with van der Waals surface area (Å²) >= 11 is 1.05. The van der Waals surface area contributed by atoms with Gasteiger partial charge in [-0.15, -0.1) is 11.3 Å². The van der Waals surface area contributed by atoms with Crippen LogP contribution in [-0.2, 0) is 0 Å². The Morgan fingerprint density at radius 3 is 2.59 bits per heavy atom. The maximum absolute atomic E-state index is 11.0. The van der Waals surface area contributed by atoms with E-state index in [0.29, 0.717) is 11.1 Å². The molecule has 0 radical (unpaired) electrons. The topological polar surface area (TPSA) is 80.4 Å². The maximum atomic E-state index is 11.0. The zero-order chi connectivity index (χ0) is 12.4. The van der Waals surface area contributed by atoms with E-state index in [9.17, 15) is 14.9 Å². The summed E-state index contributed by atoms with van der Waals surface area (Å²) < 4.78 is 0. The minimum Gasteiger partial charge on any atom is -0.477 e. The fourth-order valence-electron chi connectivity index (χ4n) is 1.55. The second kappa shape index (κ2) is 4.34. The smallest absolute Gasteiger partial charge is 0.346 e. The van der Waals surface area contributed by atoms with Gasteiger partial charge in [-0.05, 0) is 17.5 Å². The second-order valence-electron chi connectivity index (χ2n) is 3.24. The number of nitro groups is 1.